The molecule has 0 saturated carbocycles. The van der Waals surface area contributed by atoms with Crippen LogP contribution in [0.25, 0.3) is 11.0 Å². The molecule has 2 heterocycles. The van der Waals surface area contributed by atoms with E-state index in [0.717, 1.165) is 61.4 Å². The third-order valence-electron chi connectivity index (χ3n) is 4.95. The van der Waals surface area contributed by atoms with Crippen molar-refractivity contribution in [2.24, 2.45) is 0 Å². The van der Waals surface area contributed by atoms with Crippen LogP contribution in [0.15, 0.2) is 28.7 Å². The van der Waals surface area contributed by atoms with E-state index >= 15 is 0 Å². The Balaban J connectivity index is 1.61. The van der Waals surface area contributed by atoms with E-state index < -0.39 is 5.97 Å². The summed E-state index contributed by atoms with van der Waals surface area (Å²) in [6, 6.07) is 8.25. The Labute approximate surface area is 148 Å². The summed E-state index contributed by atoms with van der Waals surface area (Å²) < 4.78 is 11.2. The number of methoxy groups -OCH3 is 1. The SMILES string of the molecule is COc1ccc2oc(CN3CCCC(N(C)CC(=O)O)CC3)cc2c1. The van der Waals surface area contributed by atoms with Gasteiger partial charge in [0.05, 0.1) is 20.2 Å². The molecular weight excluding hydrogens is 320 g/mol. The van der Waals surface area contributed by atoms with Crippen molar-refractivity contribution in [2.45, 2.75) is 31.8 Å². The van der Waals surface area contributed by atoms with Crippen LogP contribution in [0.5, 0.6) is 5.75 Å². The number of likely N-dealkylation sites (N-methyl/N-ethyl adjacent to an activating group) is 1. The van der Waals surface area contributed by atoms with Crippen LogP contribution in [-0.4, -0.2) is 60.7 Å². The van der Waals surface area contributed by atoms with Gasteiger partial charge in [0, 0.05) is 18.0 Å². The number of hydrogen-bond donors (Lipinski definition) is 1. The number of nitrogens with zero attached hydrogens (tertiary/aromatic N) is 2. The topological polar surface area (TPSA) is 66.2 Å². The summed E-state index contributed by atoms with van der Waals surface area (Å²) in [5.74, 6) is 1.03. The van der Waals surface area contributed by atoms with Crippen molar-refractivity contribution in [1.82, 2.24) is 9.80 Å². The fourth-order valence-corrected chi connectivity index (χ4v) is 3.58. The summed E-state index contributed by atoms with van der Waals surface area (Å²) in [5.41, 5.74) is 0.879. The number of carboxylic acid groups (broad SMARTS) is 1. The van der Waals surface area contributed by atoms with E-state index in [0.29, 0.717) is 6.04 Å². The minimum Gasteiger partial charge on any atom is -0.497 e. The van der Waals surface area contributed by atoms with Crippen molar-refractivity contribution in [3.05, 3.63) is 30.0 Å². The van der Waals surface area contributed by atoms with E-state index in [1.807, 2.05) is 30.1 Å². The lowest BCUT2D eigenvalue weighted by Crippen LogP contribution is -2.36. The molecule has 136 valence electrons. The van der Waals surface area contributed by atoms with Crippen LogP contribution in [0.2, 0.25) is 0 Å². The molecule has 1 atom stereocenters. The Morgan fingerprint density at radius 2 is 2.20 bits per heavy atom. The minimum atomic E-state index is -0.763. The first-order valence-electron chi connectivity index (χ1n) is 8.76. The average Bonchev–Trinajstić information content (AvgIpc) is 2.82. The van der Waals surface area contributed by atoms with Crippen molar-refractivity contribution in [3.63, 3.8) is 0 Å². The summed E-state index contributed by atoms with van der Waals surface area (Å²) in [5, 5.41) is 10.0. The van der Waals surface area contributed by atoms with Gasteiger partial charge in [0.1, 0.15) is 17.1 Å². The van der Waals surface area contributed by atoms with Crippen LogP contribution in [-0.2, 0) is 11.3 Å². The molecule has 0 spiro atoms. The highest BCUT2D eigenvalue weighted by Gasteiger charge is 2.22. The first kappa shape index (κ1) is 17.8. The maximum atomic E-state index is 10.9. The number of fused-ring (bicyclic) bond motifs is 1. The van der Waals surface area contributed by atoms with Gasteiger partial charge in [0.25, 0.3) is 0 Å². The van der Waals surface area contributed by atoms with Crippen LogP contribution in [0.3, 0.4) is 0 Å². The van der Waals surface area contributed by atoms with E-state index in [9.17, 15) is 4.79 Å². The molecule has 1 aliphatic rings. The molecule has 25 heavy (non-hydrogen) atoms. The van der Waals surface area contributed by atoms with E-state index in [-0.39, 0.29) is 6.54 Å². The lowest BCUT2D eigenvalue weighted by molar-refractivity contribution is -0.138. The van der Waals surface area contributed by atoms with Crippen molar-refractivity contribution >= 4 is 16.9 Å². The largest absolute Gasteiger partial charge is 0.497 e. The zero-order valence-electron chi connectivity index (χ0n) is 14.9. The van der Waals surface area contributed by atoms with Crippen molar-refractivity contribution in [1.29, 1.82) is 0 Å². The van der Waals surface area contributed by atoms with Gasteiger partial charge in [-0.1, -0.05) is 0 Å². The number of aliphatic carboxylic acids is 1. The fraction of sp³-hybridized carbons (Fsp3) is 0.526. The predicted molar refractivity (Wildman–Crippen MR) is 95.9 cm³/mol. The van der Waals surface area contributed by atoms with E-state index in [4.69, 9.17) is 14.3 Å². The van der Waals surface area contributed by atoms with Gasteiger partial charge in [-0.05, 0) is 57.1 Å². The molecule has 6 heteroatoms. The Morgan fingerprint density at radius 3 is 2.96 bits per heavy atom. The number of carboxylic acids is 1. The number of hydrogen-bond acceptors (Lipinski definition) is 5. The second-order valence-corrected chi connectivity index (χ2v) is 6.79. The van der Waals surface area contributed by atoms with Gasteiger partial charge in [-0.3, -0.25) is 14.6 Å². The van der Waals surface area contributed by atoms with Crippen molar-refractivity contribution in [3.8, 4) is 5.75 Å². The molecule has 1 unspecified atom stereocenters. The molecule has 1 aliphatic heterocycles. The smallest absolute Gasteiger partial charge is 0.317 e. The van der Waals surface area contributed by atoms with Crippen molar-refractivity contribution in [2.75, 3.05) is 33.8 Å². The third-order valence-corrected chi connectivity index (χ3v) is 4.95. The van der Waals surface area contributed by atoms with Crippen LogP contribution in [0, 0.1) is 0 Å². The van der Waals surface area contributed by atoms with Crippen LogP contribution < -0.4 is 4.74 Å². The summed E-state index contributed by atoms with van der Waals surface area (Å²) in [7, 11) is 3.57. The first-order chi connectivity index (χ1) is 12.0. The molecule has 0 aliphatic carbocycles. The Kier molecular flexibility index (Phi) is 5.60. The Bertz CT molecular complexity index is 727. The second-order valence-electron chi connectivity index (χ2n) is 6.79. The molecule has 1 saturated heterocycles. The van der Waals surface area contributed by atoms with E-state index in [2.05, 4.69) is 11.0 Å². The average molecular weight is 346 g/mol. The number of benzene rings is 1. The highest BCUT2D eigenvalue weighted by Crippen LogP contribution is 2.25. The zero-order valence-corrected chi connectivity index (χ0v) is 14.9. The van der Waals surface area contributed by atoms with Crippen LogP contribution >= 0.6 is 0 Å². The summed E-state index contributed by atoms with van der Waals surface area (Å²) in [6.07, 6.45) is 3.10. The lowest BCUT2D eigenvalue weighted by atomic mass is 10.1. The molecule has 0 amide bonds. The standard InChI is InChI=1S/C19H26N2O4/c1-20(13-19(22)23)15-4-3-8-21(9-7-15)12-17-11-14-10-16(24-2)5-6-18(14)25-17/h5-6,10-11,15H,3-4,7-9,12-13H2,1-2H3,(H,22,23). The van der Waals surface area contributed by atoms with Crippen LogP contribution in [0.1, 0.15) is 25.0 Å². The van der Waals surface area contributed by atoms with Gasteiger partial charge >= 0.3 is 5.97 Å². The molecule has 1 aromatic carbocycles. The minimum absolute atomic E-state index is 0.107. The Morgan fingerprint density at radius 1 is 1.36 bits per heavy atom. The van der Waals surface area contributed by atoms with Crippen molar-refractivity contribution < 1.29 is 19.1 Å². The van der Waals surface area contributed by atoms with Gasteiger partial charge in [0.2, 0.25) is 0 Å². The molecule has 3 rings (SSSR count). The second kappa shape index (κ2) is 7.89. The number of furan rings is 1. The molecule has 1 N–H and O–H groups in total. The van der Waals surface area contributed by atoms with Gasteiger partial charge in [-0.25, -0.2) is 0 Å². The molecule has 0 bridgehead atoms. The number of rotatable bonds is 6. The Hall–Kier alpha value is -2.05. The summed E-state index contributed by atoms with van der Waals surface area (Å²) >= 11 is 0. The first-order valence-corrected chi connectivity index (χ1v) is 8.76. The van der Waals surface area contributed by atoms with E-state index in [1.165, 1.54) is 0 Å². The quantitative estimate of drug-likeness (QED) is 0.868. The highest BCUT2D eigenvalue weighted by atomic mass is 16.5. The number of carbonyl (C=O) groups is 1. The van der Waals surface area contributed by atoms with E-state index in [1.54, 1.807) is 7.11 Å². The highest BCUT2D eigenvalue weighted by molar-refractivity contribution is 5.79. The number of ether oxygens (including phenoxy) is 1. The normalized spacial score (nSPS) is 19.2. The molecule has 1 fully saturated rings. The molecule has 2 aromatic rings. The third kappa shape index (κ3) is 4.52. The van der Waals surface area contributed by atoms with Gasteiger partial charge < -0.3 is 14.3 Å². The molecule has 0 radical (unpaired) electrons. The van der Waals surface area contributed by atoms with Gasteiger partial charge in [-0.2, -0.15) is 0 Å². The monoisotopic (exact) mass is 346 g/mol. The van der Waals surface area contributed by atoms with Crippen LogP contribution in [0.4, 0.5) is 0 Å². The fourth-order valence-electron chi connectivity index (χ4n) is 3.58. The number of likely N-dealkylation sites (tertiary alicyclic amines) is 1. The lowest BCUT2D eigenvalue weighted by Gasteiger charge is -2.25. The van der Waals surface area contributed by atoms with Gasteiger partial charge in [0.15, 0.2) is 0 Å². The predicted octanol–water partition coefficient (Wildman–Crippen LogP) is 2.81. The maximum Gasteiger partial charge on any atom is 0.317 e. The molecule has 1 aromatic heterocycles. The summed E-state index contributed by atoms with van der Waals surface area (Å²) in [6.45, 7) is 2.86. The molecule has 6 nitrogen and oxygen atoms in total. The van der Waals surface area contributed by atoms with Gasteiger partial charge in [-0.15, -0.1) is 0 Å². The zero-order chi connectivity index (χ0) is 17.8. The summed E-state index contributed by atoms with van der Waals surface area (Å²) in [4.78, 5) is 15.3. The molecular formula is C19H26N2O4. The maximum absolute atomic E-state index is 10.9.